The van der Waals surface area contributed by atoms with Gasteiger partial charge in [-0.2, -0.15) is 0 Å². The molecule has 1 saturated heterocycles. The number of unbranched alkanes of at least 4 members (excludes halogenated alkanes) is 29. The molecule has 1 aliphatic rings. The molecule has 1 fully saturated rings. The maximum absolute atomic E-state index is 13.0. The normalized spacial score (nSPS) is 19.7. The fourth-order valence-corrected chi connectivity index (χ4v) is 9.22. The molecule has 0 spiro atoms. The summed E-state index contributed by atoms with van der Waals surface area (Å²) in [6.45, 7) is 3.66. The van der Waals surface area contributed by atoms with Crippen molar-refractivity contribution in [1.29, 1.82) is 0 Å². The van der Waals surface area contributed by atoms with E-state index in [0.717, 1.165) is 77.0 Å². The lowest BCUT2D eigenvalue weighted by Gasteiger charge is -2.40. The SMILES string of the molecule is CC/C=C\C/C=C\C/C=C\C/C=C\C/C=C\C/C=C\CCCCCCCCCCCCCCCCCCCCC(=O)NC(COC1OC(CO)C(O)C(O)C1O)C(O)/C=C/CCCCCCCCCCCCC. The molecule has 1 aliphatic heterocycles. The third-order valence-corrected chi connectivity index (χ3v) is 14.0. The van der Waals surface area contributed by atoms with Gasteiger partial charge in [0.25, 0.3) is 0 Å². The van der Waals surface area contributed by atoms with E-state index in [2.05, 4.69) is 92.1 Å². The first-order valence-corrected chi connectivity index (χ1v) is 30.3. The first kappa shape index (κ1) is 68.4. The summed E-state index contributed by atoms with van der Waals surface area (Å²) in [4.78, 5) is 13.0. The number of rotatable bonds is 51. The summed E-state index contributed by atoms with van der Waals surface area (Å²) in [5, 5.41) is 54.4. The summed E-state index contributed by atoms with van der Waals surface area (Å²) in [7, 11) is 0. The van der Waals surface area contributed by atoms with Gasteiger partial charge in [0.1, 0.15) is 24.4 Å². The van der Waals surface area contributed by atoms with Gasteiger partial charge in [-0.05, 0) is 70.6 Å². The molecule has 1 heterocycles. The topological polar surface area (TPSA) is 149 Å². The van der Waals surface area contributed by atoms with Crippen molar-refractivity contribution in [3.63, 3.8) is 0 Å². The zero-order chi connectivity index (χ0) is 52.9. The van der Waals surface area contributed by atoms with Gasteiger partial charge in [-0.3, -0.25) is 4.79 Å². The van der Waals surface area contributed by atoms with Crippen LogP contribution in [-0.2, 0) is 14.3 Å². The van der Waals surface area contributed by atoms with E-state index >= 15 is 0 Å². The second kappa shape index (κ2) is 52.8. The Morgan fingerprint density at radius 2 is 0.849 bits per heavy atom. The van der Waals surface area contributed by atoms with Gasteiger partial charge < -0.3 is 40.3 Å². The quantitative estimate of drug-likeness (QED) is 0.0261. The first-order chi connectivity index (χ1) is 35.8. The van der Waals surface area contributed by atoms with E-state index in [-0.39, 0.29) is 12.5 Å². The van der Waals surface area contributed by atoms with Crippen LogP contribution in [-0.4, -0.2) is 87.5 Å². The van der Waals surface area contributed by atoms with Gasteiger partial charge in [0, 0.05) is 6.42 Å². The Hall–Kier alpha value is -2.63. The lowest BCUT2D eigenvalue weighted by Crippen LogP contribution is -2.60. The molecular formula is C64H113NO8. The zero-order valence-corrected chi connectivity index (χ0v) is 46.9. The molecule has 0 aromatic carbocycles. The van der Waals surface area contributed by atoms with E-state index in [1.807, 2.05) is 6.08 Å². The van der Waals surface area contributed by atoms with Crippen molar-refractivity contribution >= 4 is 5.91 Å². The van der Waals surface area contributed by atoms with Crippen LogP contribution >= 0.6 is 0 Å². The highest BCUT2D eigenvalue weighted by Gasteiger charge is 2.44. The first-order valence-electron chi connectivity index (χ1n) is 30.3. The van der Waals surface area contributed by atoms with E-state index in [1.54, 1.807) is 6.08 Å². The molecule has 0 bridgehead atoms. The second-order valence-corrected chi connectivity index (χ2v) is 20.8. The Kier molecular flexibility index (Phi) is 49.5. The highest BCUT2D eigenvalue weighted by atomic mass is 16.7. The van der Waals surface area contributed by atoms with Crippen LogP contribution in [0.2, 0.25) is 0 Å². The monoisotopic (exact) mass is 1020 g/mol. The average molecular weight is 1020 g/mol. The summed E-state index contributed by atoms with van der Waals surface area (Å²) in [6, 6.07) is -0.806. The maximum Gasteiger partial charge on any atom is 0.220 e. The number of carbonyl (C=O) groups excluding carboxylic acids is 1. The lowest BCUT2D eigenvalue weighted by molar-refractivity contribution is -0.302. The van der Waals surface area contributed by atoms with Crippen molar-refractivity contribution in [3.8, 4) is 0 Å². The van der Waals surface area contributed by atoms with Gasteiger partial charge in [0.05, 0.1) is 25.4 Å². The molecule has 73 heavy (non-hydrogen) atoms. The summed E-state index contributed by atoms with van der Waals surface area (Å²) >= 11 is 0. The average Bonchev–Trinajstić information content (AvgIpc) is 3.39. The molecule has 1 amide bonds. The van der Waals surface area contributed by atoms with Crippen LogP contribution < -0.4 is 5.32 Å². The molecule has 0 aromatic heterocycles. The number of hydrogen-bond acceptors (Lipinski definition) is 8. The summed E-state index contributed by atoms with van der Waals surface area (Å²) in [5.74, 6) is -0.177. The summed E-state index contributed by atoms with van der Waals surface area (Å²) in [5.41, 5.74) is 0. The Labute approximate surface area is 448 Å². The Bertz CT molecular complexity index is 1420. The standard InChI is InChI=1S/C64H113NO8/c1-3-5-7-9-11-13-15-17-18-19-20-21-22-23-24-25-26-27-28-29-30-31-32-33-34-35-36-37-38-39-40-42-44-46-48-50-52-54-60(68)65-57(56-72-64-63(71)62(70)61(69)59(55-66)73-64)58(67)53-51-49-47-45-43-41-16-14-12-10-8-6-4-2/h5,7,11,13,17-18,20-21,23-24,26-27,51,53,57-59,61-64,66-67,69-71H,3-4,6,8-10,12,14-16,19,22,25,28-50,52,54-56H2,1-2H3,(H,65,68)/b7-5-,13-11-,18-17-,21-20-,24-23-,27-26-,53-51+. The molecule has 0 saturated carbocycles. The van der Waals surface area contributed by atoms with E-state index in [0.29, 0.717) is 6.42 Å². The molecule has 6 N–H and O–H groups in total. The largest absolute Gasteiger partial charge is 0.394 e. The summed E-state index contributed by atoms with van der Waals surface area (Å²) in [6.07, 6.45) is 68.1. The van der Waals surface area contributed by atoms with E-state index in [1.165, 1.54) is 161 Å². The number of carbonyl (C=O) groups is 1. The van der Waals surface area contributed by atoms with Gasteiger partial charge in [-0.1, -0.05) is 266 Å². The van der Waals surface area contributed by atoms with Gasteiger partial charge in [-0.25, -0.2) is 0 Å². The second-order valence-electron chi connectivity index (χ2n) is 20.8. The Balaban J connectivity index is 2.09. The van der Waals surface area contributed by atoms with Crippen LogP contribution in [0.15, 0.2) is 85.1 Å². The van der Waals surface area contributed by atoms with Gasteiger partial charge in [0.2, 0.25) is 5.91 Å². The Morgan fingerprint density at radius 3 is 1.26 bits per heavy atom. The smallest absolute Gasteiger partial charge is 0.220 e. The van der Waals surface area contributed by atoms with E-state index < -0.39 is 49.5 Å². The number of amides is 1. The number of nitrogens with one attached hydrogen (secondary N) is 1. The van der Waals surface area contributed by atoms with Gasteiger partial charge in [-0.15, -0.1) is 0 Å². The van der Waals surface area contributed by atoms with Crippen molar-refractivity contribution < 1.29 is 39.8 Å². The molecule has 0 aliphatic carbocycles. The molecule has 422 valence electrons. The van der Waals surface area contributed by atoms with Crippen LogP contribution in [0.4, 0.5) is 0 Å². The fourth-order valence-electron chi connectivity index (χ4n) is 9.22. The predicted octanol–water partition coefficient (Wildman–Crippen LogP) is 15.4. The highest BCUT2D eigenvalue weighted by molar-refractivity contribution is 5.76. The maximum atomic E-state index is 13.0. The minimum absolute atomic E-state index is 0.177. The van der Waals surface area contributed by atoms with Crippen LogP contribution in [0, 0.1) is 0 Å². The minimum atomic E-state index is -1.57. The van der Waals surface area contributed by atoms with Crippen molar-refractivity contribution in [3.05, 3.63) is 85.1 Å². The molecule has 7 unspecified atom stereocenters. The van der Waals surface area contributed by atoms with Crippen LogP contribution in [0.3, 0.4) is 0 Å². The molecular weight excluding hydrogens is 911 g/mol. The van der Waals surface area contributed by atoms with Crippen molar-refractivity contribution in [2.75, 3.05) is 13.2 Å². The van der Waals surface area contributed by atoms with Crippen LogP contribution in [0.5, 0.6) is 0 Å². The Morgan fingerprint density at radius 1 is 0.479 bits per heavy atom. The fraction of sp³-hybridized carbons (Fsp3) is 0.766. The van der Waals surface area contributed by atoms with Crippen LogP contribution in [0.1, 0.15) is 258 Å². The minimum Gasteiger partial charge on any atom is -0.394 e. The molecule has 1 rings (SSSR count). The van der Waals surface area contributed by atoms with E-state index in [9.17, 15) is 30.3 Å². The van der Waals surface area contributed by atoms with Gasteiger partial charge >= 0.3 is 0 Å². The lowest BCUT2D eigenvalue weighted by atomic mass is 9.99. The summed E-state index contributed by atoms with van der Waals surface area (Å²) < 4.78 is 11.3. The van der Waals surface area contributed by atoms with Gasteiger partial charge in [0.15, 0.2) is 6.29 Å². The van der Waals surface area contributed by atoms with E-state index in [4.69, 9.17) is 9.47 Å². The van der Waals surface area contributed by atoms with Crippen molar-refractivity contribution in [2.45, 2.75) is 301 Å². The number of hydrogen-bond donors (Lipinski definition) is 6. The molecule has 9 heteroatoms. The number of aliphatic hydroxyl groups excluding tert-OH is 5. The number of ether oxygens (including phenoxy) is 2. The number of aliphatic hydroxyl groups is 5. The molecule has 0 aromatic rings. The number of allylic oxidation sites excluding steroid dienone is 13. The highest BCUT2D eigenvalue weighted by Crippen LogP contribution is 2.23. The molecule has 7 atom stereocenters. The third-order valence-electron chi connectivity index (χ3n) is 14.0. The zero-order valence-electron chi connectivity index (χ0n) is 46.9. The molecule has 0 radical (unpaired) electrons. The molecule has 9 nitrogen and oxygen atoms in total. The van der Waals surface area contributed by atoms with Crippen molar-refractivity contribution in [2.24, 2.45) is 0 Å². The van der Waals surface area contributed by atoms with Crippen LogP contribution in [0.25, 0.3) is 0 Å². The third kappa shape index (κ3) is 42.2. The predicted molar refractivity (Wildman–Crippen MR) is 308 cm³/mol. The van der Waals surface area contributed by atoms with Crippen molar-refractivity contribution in [1.82, 2.24) is 5.32 Å².